The third kappa shape index (κ3) is 4.15. The highest BCUT2D eigenvalue weighted by Crippen LogP contribution is 2.31. The Morgan fingerprint density at radius 3 is 1.21 bits per heavy atom. The lowest BCUT2D eigenvalue weighted by Gasteiger charge is -2.35. The smallest absolute Gasteiger partial charge is 0.251 e. The van der Waals surface area contributed by atoms with E-state index >= 15 is 0 Å². The Balaban J connectivity index is 1.28. The highest BCUT2D eigenvalue weighted by molar-refractivity contribution is 6.24. The fourth-order valence-electron chi connectivity index (χ4n) is 5.36. The van der Waals surface area contributed by atoms with Crippen LogP contribution in [-0.4, -0.2) is 122 Å². The van der Waals surface area contributed by atoms with E-state index in [4.69, 9.17) is 0 Å². The van der Waals surface area contributed by atoms with Crippen molar-refractivity contribution in [1.82, 2.24) is 19.6 Å². The number of hydrogen-bond donors (Lipinski definition) is 0. The van der Waals surface area contributed by atoms with Crippen molar-refractivity contribution in [2.45, 2.75) is 24.9 Å². The number of carbonyl (C=O) groups excluding carboxylic acids is 4. The Hall–Kier alpha value is -2.66. The number of nitrogens with zero attached hydrogens (tertiary/aromatic N) is 6. The molecule has 4 aliphatic rings. The minimum absolute atomic E-state index is 0.181. The van der Waals surface area contributed by atoms with Crippen LogP contribution < -0.4 is 9.80 Å². The molecular weight excluding hydrogens is 436 g/mol. The van der Waals surface area contributed by atoms with Gasteiger partial charge in [0.2, 0.25) is 11.8 Å². The average Bonchev–Trinajstić information content (AvgIpc) is 3.29. The zero-order valence-electron chi connectivity index (χ0n) is 19.9. The van der Waals surface area contributed by atoms with Gasteiger partial charge in [0.05, 0.1) is 36.3 Å². The summed E-state index contributed by atoms with van der Waals surface area (Å²) in [5, 5.41) is 0. The lowest BCUT2D eigenvalue weighted by atomic mass is 10.2. The number of likely N-dealkylation sites (N-methyl/N-ethyl adjacent to an activating group) is 2. The van der Waals surface area contributed by atoms with Gasteiger partial charge in [-0.3, -0.25) is 29.0 Å². The van der Waals surface area contributed by atoms with Gasteiger partial charge in [0.25, 0.3) is 11.8 Å². The molecule has 0 spiro atoms. The van der Waals surface area contributed by atoms with Crippen LogP contribution in [0, 0.1) is 0 Å². The molecule has 10 heteroatoms. The van der Waals surface area contributed by atoms with Crippen LogP contribution in [0.2, 0.25) is 0 Å². The summed E-state index contributed by atoms with van der Waals surface area (Å²) in [5.74, 6) is -0.841. The minimum Gasteiger partial charge on any atom is -0.304 e. The van der Waals surface area contributed by atoms with Gasteiger partial charge in [0, 0.05) is 52.4 Å². The summed E-state index contributed by atoms with van der Waals surface area (Å²) >= 11 is 0. The molecule has 0 aliphatic carbocycles. The molecule has 182 valence electrons. The largest absolute Gasteiger partial charge is 0.304 e. The summed E-state index contributed by atoms with van der Waals surface area (Å²) in [4.78, 5) is 62.8. The van der Waals surface area contributed by atoms with Gasteiger partial charge >= 0.3 is 0 Å². The van der Waals surface area contributed by atoms with Gasteiger partial charge in [-0.25, -0.2) is 9.80 Å². The van der Waals surface area contributed by atoms with Crippen LogP contribution in [0.15, 0.2) is 24.3 Å². The number of benzene rings is 1. The summed E-state index contributed by atoms with van der Waals surface area (Å²) in [5.41, 5.74) is 0.954. The molecule has 5 rings (SSSR count). The van der Waals surface area contributed by atoms with E-state index in [0.29, 0.717) is 11.4 Å². The predicted molar refractivity (Wildman–Crippen MR) is 126 cm³/mol. The second kappa shape index (κ2) is 9.18. The Bertz CT molecular complexity index is 903. The first-order valence-corrected chi connectivity index (χ1v) is 12.0. The molecule has 4 fully saturated rings. The number of piperazine rings is 2. The van der Waals surface area contributed by atoms with E-state index in [1.807, 2.05) is 0 Å². The average molecular weight is 469 g/mol. The maximum atomic E-state index is 13.1. The predicted octanol–water partition coefficient (Wildman–Crippen LogP) is -0.555. The molecular formula is C24H32N6O4. The van der Waals surface area contributed by atoms with Crippen molar-refractivity contribution >= 4 is 35.0 Å². The van der Waals surface area contributed by atoms with Crippen molar-refractivity contribution in [1.29, 1.82) is 0 Å². The van der Waals surface area contributed by atoms with Crippen LogP contribution in [-0.2, 0) is 19.2 Å². The van der Waals surface area contributed by atoms with Crippen LogP contribution in [0.5, 0.6) is 0 Å². The van der Waals surface area contributed by atoms with E-state index in [-0.39, 0.29) is 36.5 Å². The fourth-order valence-corrected chi connectivity index (χ4v) is 5.36. The van der Waals surface area contributed by atoms with Gasteiger partial charge in [-0.2, -0.15) is 0 Å². The summed E-state index contributed by atoms with van der Waals surface area (Å²) < 4.78 is 0. The molecule has 0 N–H and O–H groups in total. The van der Waals surface area contributed by atoms with Crippen LogP contribution in [0.4, 0.5) is 11.4 Å². The summed E-state index contributed by atoms with van der Waals surface area (Å²) in [6.45, 7) is 6.56. The molecule has 0 aromatic heterocycles. The first-order valence-electron chi connectivity index (χ1n) is 12.0. The molecule has 4 heterocycles. The Labute approximate surface area is 199 Å². The zero-order chi connectivity index (χ0) is 24.0. The molecule has 10 nitrogen and oxygen atoms in total. The lowest BCUT2D eigenvalue weighted by Crippen LogP contribution is -2.51. The number of imide groups is 2. The molecule has 0 unspecified atom stereocenters. The maximum Gasteiger partial charge on any atom is 0.251 e. The number of rotatable bonds is 4. The number of anilines is 2. The molecule has 4 aliphatic heterocycles. The normalized spacial score (nSPS) is 28.5. The maximum absolute atomic E-state index is 13.1. The van der Waals surface area contributed by atoms with Gasteiger partial charge in [0.15, 0.2) is 0 Å². The van der Waals surface area contributed by atoms with Crippen molar-refractivity contribution < 1.29 is 19.2 Å². The van der Waals surface area contributed by atoms with Crippen LogP contribution in [0.25, 0.3) is 0 Å². The molecule has 0 bridgehead atoms. The van der Waals surface area contributed by atoms with Crippen molar-refractivity contribution in [2.24, 2.45) is 0 Å². The van der Waals surface area contributed by atoms with Gasteiger partial charge in [-0.15, -0.1) is 0 Å². The molecule has 1 aromatic carbocycles. The zero-order valence-corrected chi connectivity index (χ0v) is 19.9. The summed E-state index contributed by atoms with van der Waals surface area (Å²) in [6.07, 6.45) is 0.361. The van der Waals surface area contributed by atoms with Crippen LogP contribution >= 0.6 is 0 Å². The quantitative estimate of drug-likeness (QED) is 0.544. The topological polar surface area (TPSA) is 87.7 Å². The van der Waals surface area contributed by atoms with Gasteiger partial charge in [0.1, 0.15) is 0 Å². The highest BCUT2D eigenvalue weighted by Gasteiger charge is 2.45. The Morgan fingerprint density at radius 1 is 0.559 bits per heavy atom. The number of amides is 4. The standard InChI is InChI=1S/C24H32N6O4/c1-25-7-11-27(12-8-25)19-15-21(31)29(23(19)33)17-3-5-18(6-4-17)30-22(32)16-20(24(30)34)28-13-9-26(2)10-14-28/h3-6,19-20H,7-16H2,1-2H3/t19-,20-/m1/s1. The number of carbonyl (C=O) groups is 4. The Morgan fingerprint density at radius 2 is 0.882 bits per heavy atom. The van der Waals surface area contributed by atoms with E-state index < -0.39 is 12.1 Å². The third-order valence-electron chi connectivity index (χ3n) is 7.57. The third-order valence-corrected chi connectivity index (χ3v) is 7.57. The molecule has 34 heavy (non-hydrogen) atoms. The van der Waals surface area contributed by atoms with Gasteiger partial charge in [-0.05, 0) is 38.4 Å². The monoisotopic (exact) mass is 468 g/mol. The minimum atomic E-state index is -0.424. The SMILES string of the molecule is CN1CCN([C@@H]2CC(=O)N(c3ccc(N4C(=O)C[C@@H](N5CCN(C)CC5)C4=O)cc3)C2=O)CC1. The molecule has 0 radical (unpaired) electrons. The molecule has 2 atom stereocenters. The van der Waals surface area contributed by atoms with Crippen LogP contribution in [0.1, 0.15) is 12.8 Å². The second-order valence-electron chi connectivity index (χ2n) is 9.77. The second-order valence-corrected chi connectivity index (χ2v) is 9.77. The number of hydrogen-bond acceptors (Lipinski definition) is 8. The lowest BCUT2D eigenvalue weighted by molar-refractivity contribution is -0.124. The van der Waals surface area contributed by atoms with E-state index in [9.17, 15) is 19.2 Å². The molecule has 4 saturated heterocycles. The van der Waals surface area contributed by atoms with E-state index in [1.54, 1.807) is 24.3 Å². The summed E-state index contributed by atoms with van der Waals surface area (Å²) in [7, 11) is 4.10. The first kappa shape index (κ1) is 23.1. The van der Waals surface area contributed by atoms with E-state index in [0.717, 1.165) is 52.4 Å². The van der Waals surface area contributed by atoms with E-state index in [1.165, 1.54) is 9.80 Å². The Kier molecular flexibility index (Phi) is 6.24. The highest BCUT2D eigenvalue weighted by atomic mass is 16.2. The first-order chi connectivity index (χ1) is 16.3. The van der Waals surface area contributed by atoms with Gasteiger partial charge < -0.3 is 9.80 Å². The molecule has 0 saturated carbocycles. The van der Waals surface area contributed by atoms with Crippen molar-refractivity contribution in [3.05, 3.63) is 24.3 Å². The van der Waals surface area contributed by atoms with Crippen molar-refractivity contribution in [3.8, 4) is 0 Å². The van der Waals surface area contributed by atoms with Crippen LogP contribution in [0.3, 0.4) is 0 Å². The molecule has 1 aromatic rings. The van der Waals surface area contributed by atoms with Crippen molar-refractivity contribution in [2.75, 3.05) is 76.3 Å². The van der Waals surface area contributed by atoms with Crippen molar-refractivity contribution in [3.63, 3.8) is 0 Å². The molecule has 4 amide bonds. The van der Waals surface area contributed by atoms with Gasteiger partial charge in [-0.1, -0.05) is 0 Å². The summed E-state index contributed by atoms with van der Waals surface area (Å²) in [6, 6.07) is 5.77. The fraction of sp³-hybridized carbons (Fsp3) is 0.583. The van der Waals surface area contributed by atoms with E-state index in [2.05, 4.69) is 33.7 Å².